The van der Waals surface area contributed by atoms with Crippen molar-refractivity contribution in [2.45, 2.75) is 13.8 Å². The highest BCUT2D eigenvalue weighted by molar-refractivity contribution is 7.80. The van der Waals surface area contributed by atoms with E-state index in [9.17, 15) is 0 Å². The van der Waals surface area contributed by atoms with Crippen LogP contribution in [0.25, 0.3) is 0 Å². The number of hydrogen-bond acceptors (Lipinski definition) is 4. The van der Waals surface area contributed by atoms with Crippen LogP contribution in [0.15, 0.2) is 11.1 Å². The lowest BCUT2D eigenvalue weighted by molar-refractivity contribution is 0.0680. The molecule has 2 N–H and O–H groups in total. The van der Waals surface area contributed by atoms with Gasteiger partial charge in [-0.3, -0.25) is 5.32 Å². The molecule has 21 heavy (non-hydrogen) atoms. The Bertz CT molecular complexity index is 521. The van der Waals surface area contributed by atoms with Crippen LogP contribution in [0.5, 0.6) is 0 Å². The Hall–Kier alpha value is -1.80. The highest BCUT2D eigenvalue weighted by Crippen LogP contribution is 2.07. The van der Waals surface area contributed by atoms with E-state index in [4.69, 9.17) is 17.0 Å². The Labute approximate surface area is 129 Å². The van der Waals surface area contributed by atoms with Crippen LogP contribution in [0.1, 0.15) is 11.4 Å². The van der Waals surface area contributed by atoms with Crippen LogP contribution in [-0.4, -0.2) is 59.3 Å². The number of ether oxygens (including phenoxy) is 1. The van der Waals surface area contributed by atoms with Crippen molar-refractivity contribution >= 4 is 29.2 Å². The van der Waals surface area contributed by atoms with Gasteiger partial charge in [-0.25, -0.2) is 9.97 Å². The predicted octanol–water partition coefficient (Wildman–Crippen LogP) is 0.698. The SMILES string of the molecule is CNC(=S)/N=C(/Nc1nc(C)cc(C)n1)N1CCOCC1. The van der Waals surface area contributed by atoms with Gasteiger partial charge in [0.2, 0.25) is 11.9 Å². The lowest BCUT2D eigenvalue weighted by Gasteiger charge is -2.29. The number of aliphatic imine (C=N–C) groups is 1. The molecule has 0 saturated carbocycles. The molecule has 0 radical (unpaired) electrons. The van der Waals surface area contributed by atoms with Crippen LogP contribution in [0.2, 0.25) is 0 Å². The Morgan fingerprint density at radius 1 is 1.29 bits per heavy atom. The molecule has 0 bridgehead atoms. The summed E-state index contributed by atoms with van der Waals surface area (Å²) in [6.45, 7) is 6.71. The quantitative estimate of drug-likeness (QED) is 0.449. The summed E-state index contributed by atoms with van der Waals surface area (Å²) in [5, 5.41) is 6.43. The van der Waals surface area contributed by atoms with Gasteiger partial charge in [0, 0.05) is 31.5 Å². The number of nitrogens with one attached hydrogen (secondary N) is 2. The first-order chi connectivity index (χ1) is 10.1. The van der Waals surface area contributed by atoms with Gasteiger partial charge >= 0.3 is 0 Å². The molecule has 0 spiro atoms. The van der Waals surface area contributed by atoms with Crippen LogP contribution < -0.4 is 10.6 Å². The molecule has 1 aliphatic heterocycles. The summed E-state index contributed by atoms with van der Waals surface area (Å²) in [5.41, 5.74) is 1.81. The standard InChI is InChI=1S/C13H20N6OS/c1-9-8-10(2)16-11(15-9)17-12(18-13(21)14-3)19-4-6-20-7-5-19/h8H,4-7H2,1-3H3,(H2,14,15,16,17,18,21). The first kappa shape index (κ1) is 15.6. The summed E-state index contributed by atoms with van der Waals surface area (Å²) < 4.78 is 5.37. The zero-order valence-corrected chi connectivity index (χ0v) is 13.3. The summed E-state index contributed by atoms with van der Waals surface area (Å²) in [6, 6.07) is 1.93. The molecule has 0 unspecified atom stereocenters. The molecule has 1 aromatic heterocycles. The lowest BCUT2D eigenvalue weighted by atomic mass is 10.4. The molecule has 8 heteroatoms. The van der Waals surface area contributed by atoms with Crippen LogP contribution >= 0.6 is 12.2 Å². The highest BCUT2D eigenvalue weighted by atomic mass is 32.1. The predicted molar refractivity (Wildman–Crippen MR) is 86.6 cm³/mol. The van der Waals surface area contributed by atoms with E-state index < -0.39 is 0 Å². The van der Waals surface area contributed by atoms with Gasteiger partial charge in [0.25, 0.3) is 0 Å². The monoisotopic (exact) mass is 308 g/mol. The van der Waals surface area contributed by atoms with Gasteiger partial charge < -0.3 is 15.0 Å². The molecule has 1 saturated heterocycles. The molecule has 0 amide bonds. The number of rotatable bonds is 1. The molecule has 7 nitrogen and oxygen atoms in total. The molecule has 2 rings (SSSR count). The summed E-state index contributed by atoms with van der Waals surface area (Å²) in [5.74, 6) is 1.17. The molecule has 1 fully saturated rings. The Balaban J connectivity index is 2.22. The van der Waals surface area contributed by atoms with Crippen molar-refractivity contribution in [3.8, 4) is 0 Å². The third-order valence-corrected chi connectivity index (χ3v) is 3.23. The summed E-state index contributed by atoms with van der Waals surface area (Å²) >= 11 is 5.13. The molecule has 2 heterocycles. The van der Waals surface area contributed by atoms with E-state index >= 15 is 0 Å². The smallest absolute Gasteiger partial charge is 0.229 e. The van der Waals surface area contributed by atoms with Crippen molar-refractivity contribution in [2.24, 2.45) is 4.99 Å². The number of hydrogen-bond donors (Lipinski definition) is 2. The first-order valence-electron chi connectivity index (χ1n) is 6.81. The van der Waals surface area contributed by atoms with E-state index in [0.717, 1.165) is 24.5 Å². The zero-order chi connectivity index (χ0) is 15.2. The maximum absolute atomic E-state index is 5.37. The van der Waals surface area contributed by atoms with Crippen LogP contribution in [0.3, 0.4) is 0 Å². The van der Waals surface area contributed by atoms with E-state index in [-0.39, 0.29) is 0 Å². The van der Waals surface area contributed by atoms with E-state index in [1.165, 1.54) is 0 Å². The third-order valence-electron chi connectivity index (χ3n) is 2.94. The number of anilines is 1. The molecule has 1 aliphatic rings. The highest BCUT2D eigenvalue weighted by Gasteiger charge is 2.17. The van der Waals surface area contributed by atoms with E-state index in [2.05, 4.69) is 30.5 Å². The minimum Gasteiger partial charge on any atom is -0.378 e. The molecular formula is C13H20N6OS. The third kappa shape index (κ3) is 4.61. The van der Waals surface area contributed by atoms with E-state index in [0.29, 0.717) is 30.2 Å². The number of aromatic nitrogens is 2. The Morgan fingerprint density at radius 2 is 1.90 bits per heavy atom. The second-order valence-corrected chi connectivity index (χ2v) is 5.08. The molecule has 114 valence electrons. The Kier molecular flexibility index (Phi) is 5.40. The van der Waals surface area contributed by atoms with Crippen molar-refractivity contribution in [1.29, 1.82) is 0 Å². The first-order valence-corrected chi connectivity index (χ1v) is 7.21. The lowest BCUT2D eigenvalue weighted by Crippen LogP contribution is -2.45. The largest absolute Gasteiger partial charge is 0.378 e. The minimum absolute atomic E-state index is 0.411. The Morgan fingerprint density at radius 3 is 2.48 bits per heavy atom. The second-order valence-electron chi connectivity index (χ2n) is 4.69. The van der Waals surface area contributed by atoms with Gasteiger partial charge in [0.1, 0.15) is 0 Å². The maximum Gasteiger partial charge on any atom is 0.229 e. The average molecular weight is 308 g/mol. The second kappa shape index (κ2) is 7.28. The van der Waals surface area contributed by atoms with Crippen molar-refractivity contribution in [3.05, 3.63) is 17.5 Å². The number of nitrogens with zero attached hydrogens (tertiary/aromatic N) is 4. The van der Waals surface area contributed by atoms with Crippen LogP contribution in [-0.2, 0) is 4.74 Å². The van der Waals surface area contributed by atoms with E-state index in [1.54, 1.807) is 7.05 Å². The molecule has 0 aromatic carbocycles. The van der Waals surface area contributed by atoms with Gasteiger partial charge in [-0.1, -0.05) is 0 Å². The fraction of sp³-hybridized carbons (Fsp3) is 0.538. The fourth-order valence-electron chi connectivity index (χ4n) is 1.99. The van der Waals surface area contributed by atoms with Gasteiger partial charge in [-0.15, -0.1) is 0 Å². The molecule has 1 aromatic rings. The normalized spacial score (nSPS) is 15.8. The number of aryl methyl sites for hydroxylation is 2. The van der Waals surface area contributed by atoms with Crippen molar-refractivity contribution < 1.29 is 4.74 Å². The molecular weight excluding hydrogens is 288 g/mol. The summed E-state index contributed by atoms with van der Waals surface area (Å²) in [4.78, 5) is 15.2. The van der Waals surface area contributed by atoms with Gasteiger partial charge in [0.05, 0.1) is 13.2 Å². The minimum atomic E-state index is 0.411. The summed E-state index contributed by atoms with van der Waals surface area (Å²) in [6.07, 6.45) is 0. The molecule has 0 aliphatic carbocycles. The average Bonchev–Trinajstić information content (AvgIpc) is 2.46. The van der Waals surface area contributed by atoms with Crippen LogP contribution in [0, 0.1) is 13.8 Å². The number of thiocarbonyl (C=S) groups is 1. The van der Waals surface area contributed by atoms with Crippen molar-refractivity contribution in [1.82, 2.24) is 20.2 Å². The zero-order valence-electron chi connectivity index (χ0n) is 12.5. The number of morpholine rings is 1. The maximum atomic E-state index is 5.37. The van der Waals surface area contributed by atoms with Gasteiger partial charge in [0.15, 0.2) is 5.11 Å². The topological polar surface area (TPSA) is 74.7 Å². The van der Waals surface area contributed by atoms with Crippen LogP contribution in [0.4, 0.5) is 5.95 Å². The molecule has 0 atom stereocenters. The van der Waals surface area contributed by atoms with Crippen molar-refractivity contribution in [2.75, 3.05) is 38.7 Å². The van der Waals surface area contributed by atoms with Gasteiger partial charge in [-0.05, 0) is 32.1 Å². The number of guanidine groups is 1. The van der Waals surface area contributed by atoms with Crippen molar-refractivity contribution in [3.63, 3.8) is 0 Å². The summed E-state index contributed by atoms with van der Waals surface area (Å²) in [7, 11) is 1.75. The van der Waals surface area contributed by atoms with Gasteiger partial charge in [-0.2, -0.15) is 4.99 Å². The fourth-order valence-corrected chi connectivity index (χ4v) is 2.07. The van der Waals surface area contributed by atoms with E-state index in [1.807, 2.05) is 19.9 Å².